The zero-order valence-corrected chi connectivity index (χ0v) is 18.5. The second kappa shape index (κ2) is 10.5. The van der Waals surface area contributed by atoms with Crippen molar-refractivity contribution in [1.29, 1.82) is 0 Å². The average molecular weight is 446 g/mol. The number of nitrogens with zero attached hydrogens (tertiary/aromatic N) is 3. The molecule has 2 aromatic carbocycles. The second-order valence-electron chi connectivity index (χ2n) is 7.56. The number of carbonyl (C=O) groups is 2. The Morgan fingerprint density at radius 2 is 1.64 bits per heavy atom. The Kier molecular flexibility index (Phi) is 7.04. The summed E-state index contributed by atoms with van der Waals surface area (Å²) < 4.78 is 5.53. The first-order valence-corrected chi connectivity index (χ1v) is 11.0. The number of rotatable bonds is 6. The Balaban J connectivity index is 1.30. The number of urea groups is 1. The molecule has 0 radical (unpaired) electrons. The predicted octanol–water partition coefficient (Wildman–Crippen LogP) is 4.09. The smallest absolute Gasteiger partial charge is 0.323 e. The van der Waals surface area contributed by atoms with Gasteiger partial charge in [-0.2, -0.15) is 0 Å². The summed E-state index contributed by atoms with van der Waals surface area (Å²) in [4.78, 5) is 33.5. The zero-order chi connectivity index (χ0) is 23.0. The molecule has 1 aromatic heterocycles. The number of anilines is 3. The summed E-state index contributed by atoms with van der Waals surface area (Å²) in [7, 11) is 0. The first-order chi connectivity index (χ1) is 16.1. The molecule has 2 heterocycles. The third kappa shape index (κ3) is 5.60. The van der Waals surface area contributed by atoms with Crippen molar-refractivity contribution in [2.45, 2.75) is 6.92 Å². The maximum Gasteiger partial charge on any atom is 0.323 e. The standard InChI is InChI=1S/C25H27N5O3/c1-2-33-22-11-7-6-10-21(22)28-25(32)27-20-12-13-23(26-18-20)29-14-16-30(17-15-29)24(31)19-8-4-3-5-9-19/h3-13,18H,2,14-17H2,1H3,(H2,27,28,32). The Hall–Kier alpha value is -4.07. The fourth-order valence-corrected chi connectivity index (χ4v) is 3.68. The summed E-state index contributed by atoms with van der Waals surface area (Å²) in [6.07, 6.45) is 1.63. The van der Waals surface area contributed by atoms with Crippen LogP contribution >= 0.6 is 0 Å². The lowest BCUT2D eigenvalue weighted by Crippen LogP contribution is -2.49. The van der Waals surface area contributed by atoms with E-state index in [-0.39, 0.29) is 11.9 Å². The molecular weight excluding hydrogens is 418 g/mol. The monoisotopic (exact) mass is 445 g/mol. The highest BCUT2D eigenvalue weighted by Crippen LogP contribution is 2.24. The molecule has 1 aliphatic rings. The van der Waals surface area contributed by atoms with E-state index >= 15 is 0 Å². The molecule has 0 spiro atoms. The number of nitrogens with one attached hydrogen (secondary N) is 2. The summed E-state index contributed by atoms with van der Waals surface area (Å²) in [6, 6.07) is 19.9. The first kappa shape index (κ1) is 22.1. The number of aromatic nitrogens is 1. The van der Waals surface area contributed by atoms with Crippen LogP contribution in [0.25, 0.3) is 0 Å². The SMILES string of the molecule is CCOc1ccccc1NC(=O)Nc1ccc(N2CCN(C(=O)c3ccccc3)CC2)nc1. The summed E-state index contributed by atoms with van der Waals surface area (Å²) >= 11 is 0. The molecule has 33 heavy (non-hydrogen) atoms. The fraction of sp³-hybridized carbons (Fsp3) is 0.240. The highest BCUT2D eigenvalue weighted by molar-refractivity contribution is 6.00. The maximum atomic E-state index is 12.6. The minimum atomic E-state index is -0.371. The summed E-state index contributed by atoms with van der Waals surface area (Å²) in [5.74, 6) is 1.49. The van der Waals surface area contributed by atoms with Crippen molar-refractivity contribution in [2.24, 2.45) is 0 Å². The van der Waals surface area contributed by atoms with Crippen molar-refractivity contribution in [3.63, 3.8) is 0 Å². The van der Waals surface area contributed by atoms with E-state index in [1.807, 2.05) is 72.5 Å². The predicted molar refractivity (Wildman–Crippen MR) is 129 cm³/mol. The summed E-state index contributed by atoms with van der Waals surface area (Å²) in [5, 5.41) is 5.59. The van der Waals surface area contributed by atoms with Gasteiger partial charge in [0.25, 0.3) is 5.91 Å². The molecule has 0 bridgehead atoms. The number of hydrogen-bond donors (Lipinski definition) is 2. The third-order valence-corrected chi connectivity index (χ3v) is 5.35. The van der Waals surface area contributed by atoms with Gasteiger partial charge in [0.15, 0.2) is 0 Å². The molecule has 0 unspecified atom stereocenters. The van der Waals surface area contributed by atoms with Gasteiger partial charge in [-0.15, -0.1) is 0 Å². The Morgan fingerprint density at radius 1 is 0.909 bits per heavy atom. The minimum absolute atomic E-state index is 0.0553. The largest absolute Gasteiger partial charge is 0.492 e. The lowest BCUT2D eigenvalue weighted by atomic mass is 10.2. The number of pyridine rings is 1. The minimum Gasteiger partial charge on any atom is -0.492 e. The van der Waals surface area contributed by atoms with Crippen LogP contribution < -0.4 is 20.3 Å². The molecule has 0 saturated carbocycles. The van der Waals surface area contributed by atoms with Gasteiger partial charge in [0.05, 0.1) is 24.2 Å². The van der Waals surface area contributed by atoms with E-state index in [4.69, 9.17) is 4.74 Å². The van der Waals surface area contributed by atoms with Crippen LogP contribution in [0, 0.1) is 0 Å². The van der Waals surface area contributed by atoms with Crippen LogP contribution in [0.5, 0.6) is 5.75 Å². The molecule has 2 N–H and O–H groups in total. The van der Waals surface area contributed by atoms with Gasteiger partial charge in [0.2, 0.25) is 0 Å². The highest BCUT2D eigenvalue weighted by Gasteiger charge is 2.22. The van der Waals surface area contributed by atoms with Crippen molar-refractivity contribution in [2.75, 3.05) is 48.3 Å². The topological polar surface area (TPSA) is 86.8 Å². The van der Waals surface area contributed by atoms with E-state index in [1.54, 1.807) is 12.3 Å². The van der Waals surface area contributed by atoms with E-state index < -0.39 is 0 Å². The molecule has 0 aliphatic carbocycles. The van der Waals surface area contributed by atoms with E-state index in [0.717, 1.165) is 5.82 Å². The van der Waals surface area contributed by atoms with Gasteiger partial charge < -0.3 is 25.2 Å². The third-order valence-electron chi connectivity index (χ3n) is 5.35. The lowest BCUT2D eigenvalue weighted by molar-refractivity contribution is 0.0746. The van der Waals surface area contributed by atoms with E-state index in [0.29, 0.717) is 55.5 Å². The summed E-state index contributed by atoms with van der Waals surface area (Å²) in [5.41, 5.74) is 1.90. The van der Waals surface area contributed by atoms with Crippen molar-refractivity contribution in [3.05, 3.63) is 78.5 Å². The van der Waals surface area contributed by atoms with Gasteiger partial charge in [-0.3, -0.25) is 4.79 Å². The van der Waals surface area contributed by atoms with Gasteiger partial charge in [-0.05, 0) is 43.3 Å². The van der Waals surface area contributed by atoms with Crippen LogP contribution in [0.15, 0.2) is 72.9 Å². The van der Waals surface area contributed by atoms with Crippen LogP contribution in [-0.2, 0) is 0 Å². The second-order valence-corrected chi connectivity index (χ2v) is 7.56. The van der Waals surface area contributed by atoms with Crippen LogP contribution in [0.2, 0.25) is 0 Å². The van der Waals surface area contributed by atoms with Crippen LogP contribution in [0.1, 0.15) is 17.3 Å². The lowest BCUT2D eigenvalue weighted by Gasteiger charge is -2.35. The van der Waals surface area contributed by atoms with Crippen molar-refractivity contribution in [1.82, 2.24) is 9.88 Å². The van der Waals surface area contributed by atoms with Gasteiger partial charge in [0.1, 0.15) is 11.6 Å². The molecule has 0 atom stereocenters. The van der Waals surface area contributed by atoms with Crippen LogP contribution in [-0.4, -0.2) is 54.6 Å². The molecule has 8 heteroatoms. The van der Waals surface area contributed by atoms with Gasteiger partial charge in [-0.1, -0.05) is 30.3 Å². The zero-order valence-electron chi connectivity index (χ0n) is 18.5. The van der Waals surface area contributed by atoms with Gasteiger partial charge in [-0.25, -0.2) is 9.78 Å². The number of amides is 3. The molecule has 170 valence electrons. The summed E-state index contributed by atoms with van der Waals surface area (Å²) in [6.45, 7) is 5.08. The van der Waals surface area contributed by atoms with Crippen molar-refractivity contribution < 1.29 is 14.3 Å². The van der Waals surface area contributed by atoms with Crippen LogP contribution in [0.4, 0.5) is 22.0 Å². The quantitative estimate of drug-likeness (QED) is 0.597. The van der Waals surface area contributed by atoms with E-state index in [2.05, 4.69) is 20.5 Å². The van der Waals surface area contributed by atoms with Crippen molar-refractivity contribution in [3.8, 4) is 5.75 Å². The molecule has 3 aromatic rings. The molecule has 4 rings (SSSR count). The fourth-order valence-electron chi connectivity index (χ4n) is 3.68. The molecule has 3 amide bonds. The Morgan fingerprint density at radius 3 is 2.33 bits per heavy atom. The number of piperazine rings is 1. The molecule has 8 nitrogen and oxygen atoms in total. The number of ether oxygens (including phenoxy) is 1. The molecular formula is C25H27N5O3. The Bertz CT molecular complexity index is 1080. The van der Waals surface area contributed by atoms with Gasteiger partial charge in [0, 0.05) is 31.7 Å². The van der Waals surface area contributed by atoms with E-state index in [9.17, 15) is 9.59 Å². The molecule has 1 saturated heterocycles. The molecule has 1 aliphatic heterocycles. The maximum absolute atomic E-state index is 12.6. The number of para-hydroxylation sites is 2. The van der Waals surface area contributed by atoms with E-state index in [1.165, 1.54) is 0 Å². The van der Waals surface area contributed by atoms with Crippen molar-refractivity contribution >= 4 is 29.1 Å². The number of benzene rings is 2. The number of carbonyl (C=O) groups excluding carboxylic acids is 2. The number of hydrogen-bond acceptors (Lipinski definition) is 5. The molecule has 1 fully saturated rings. The van der Waals surface area contributed by atoms with Gasteiger partial charge >= 0.3 is 6.03 Å². The highest BCUT2D eigenvalue weighted by atomic mass is 16.5. The van der Waals surface area contributed by atoms with Crippen LogP contribution in [0.3, 0.4) is 0 Å². The normalized spacial score (nSPS) is 13.4. The first-order valence-electron chi connectivity index (χ1n) is 11.0. The Labute approximate surface area is 193 Å². The average Bonchev–Trinajstić information content (AvgIpc) is 2.86.